The molecule has 7 nitrogen and oxygen atoms in total. The van der Waals surface area contributed by atoms with E-state index in [4.69, 9.17) is 10.2 Å². The number of benzene rings is 1. The number of hydrogen-bond donors (Lipinski definition) is 2. The normalized spacial score (nSPS) is 14.3. The smallest absolute Gasteiger partial charge is 0.251 e. The third-order valence-corrected chi connectivity index (χ3v) is 4.40. The molecule has 0 radical (unpaired) electrons. The second kappa shape index (κ2) is 7.31. The first kappa shape index (κ1) is 18.2. The van der Waals surface area contributed by atoms with Gasteiger partial charge in [-0.25, -0.2) is 4.98 Å². The molecule has 3 N–H and O–H groups in total. The minimum atomic E-state index is -0.536. The number of oxazole rings is 1. The highest BCUT2D eigenvalue weighted by atomic mass is 35.5. The zero-order valence-corrected chi connectivity index (χ0v) is 15.2. The lowest BCUT2D eigenvalue weighted by molar-refractivity contribution is 0.100. The molecular weight excluding hydrogens is 354 g/mol. The topological polar surface area (TPSA) is 97.3 Å². The Hall–Kier alpha value is -2.64. The maximum absolute atomic E-state index is 12.2. The molecule has 4 rings (SSSR count). The number of carbonyl (C=O) groups is 1. The molecule has 2 aromatic heterocycles. The number of nitrogens with one attached hydrogen (secondary N) is 1. The largest absolute Gasteiger partial charge is 0.439 e. The molecule has 136 valence electrons. The fourth-order valence-corrected chi connectivity index (χ4v) is 3.29. The van der Waals surface area contributed by atoms with Gasteiger partial charge in [0.2, 0.25) is 0 Å². The maximum atomic E-state index is 12.2. The number of primary amides is 1. The SMILES string of the molecule is Cc1nc2c(C(N)=O)c(-c3ccccn3)cc(N3CCNCC3)c2o1.Cl. The molecule has 0 aliphatic carbocycles. The lowest BCUT2D eigenvalue weighted by atomic mass is 9.99. The number of pyridine rings is 1. The number of fused-ring (bicyclic) bond motifs is 1. The van der Waals surface area contributed by atoms with Gasteiger partial charge in [-0.15, -0.1) is 12.4 Å². The number of hydrogen-bond acceptors (Lipinski definition) is 6. The molecule has 1 aliphatic rings. The zero-order chi connectivity index (χ0) is 17.4. The predicted octanol–water partition coefficient (Wildman–Crippen LogP) is 2.13. The van der Waals surface area contributed by atoms with Crippen LogP contribution in [0.2, 0.25) is 0 Å². The number of rotatable bonds is 3. The van der Waals surface area contributed by atoms with Crippen molar-refractivity contribution >= 4 is 35.1 Å². The van der Waals surface area contributed by atoms with Crippen LogP contribution in [0.1, 0.15) is 16.2 Å². The van der Waals surface area contributed by atoms with Crippen LogP contribution >= 0.6 is 12.4 Å². The first-order valence-corrected chi connectivity index (χ1v) is 8.26. The third kappa shape index (κ3) is 3.11. The summed E-state index contributed by atoms with van der Waals surface area (Å²) in [5.74, 6) is -0.0298. The van der Waals surface area contributed by atoms with Crippen LogP contribution in [0.25, 0.3) is 22.4 Å². The zero-order valence-electron chi connectivity index (χ0n) is 14.4. The summed E-state index contributed by atoms with van der Waals surface area (Å²) in [6.07, 6.45) is 1.70. The molecule has 8 heteroatoms. The molecule has 1 aromatic carbocycles. The Morgan fingerprint density at radius 2 is 2.08 bits per heavy atom. The molecule has 0 bridgehead atoms. The van der Waals surface area contributed by atoms with Gasteiger partial charge in [0.1, 0.15) is 5.52 Å². The van der Waals surface area contributed by atoms with E-state index in [0.717, 1.165) is 31.9 Å². The van der Waals surface area contributed by atoms with E-state index in [2.05, 4.69) is 20.2 Å². The molecule has 3 heterocycles. The predicted molar refractivity (Wildman–Crippen MR) is 103 cm³/mol. The molecule has 26 heavy (non-hydrogen) atoms. The second-order valence-electron chi connectivity index (χ2n) is 6.05. The van der Waals surface area contributed by atoms with Crippen molar-refractivity contribution in [2.24, 2.45) is 5.73 Å². The van der Waals surface area contributed by atoms with Crippen LogP contribution in [0.3, 0.4) is 0 Å². The van der Waals surface area contributed by atoms with E-state index in [1.54, 1.807) is 13.1 Å². The first-order chi connectivity index (χ1) is 12.1. The lowest BCUT2D eigenvalue weighted by Gasteiger charge is -2.30. The lowest BCUT2D eigenvalue weighted by Crippen LogP contribution is -2.43. The average Bonchev–Trinajstić information content (AvgIpc) is 3.02. The van der Waals surface area contributed by atoms with E-state index < -0.39 is 5.91 Å². The highest BCUT2D eigenvalue weighted by Crippen LogP contribution is 2.37. The Morgan fingerprint density at radius 1 is 1.31 bits per heavy atom. The van der Waals surface area contributed by atoms with Crippen molar-refractivity contribution in [3.63, 3.8) is 0 Å². The Bertz CT molecular complexity index is 936. The molecule has 3 aromatic rings. The van der Waals surface area contributed by atoms with Crippen LogP contribution in [0.5, 0.6) is 0 Å². The van der Waals surface area contributed by atoms with E-state index in [0.29, 0.717) is 33.8 Å². The van der Waals surface area contributed by atoms with Gasteiger partial charge in [0.15, 0.2) is 11.5 Å². The highest BCUT2D eigenvalue weighted by Gasteiger charge is 2.25. The maximum Gasteiger partial charge on any atom is 0.251 e. The van der Waals surface area contributed by atoms with Gasteiger partial charge in [0.25, 0.3) is 5.91 Å². The molecule has 1 amide bonds. The van der Waals surface area contributed by atoms with E-state index in [9.17, 15) is 4.79 Å². The number of amides is 1. The monoisotopic (exact) mass is 373 g/mol. The molecule has 0 spiro atoms. The number of nitrogens with zero attached hydrogens (tertiary/aromatic N) is 3. The van der Waals surface area contributed by atoms with Crippen molar-refractivity contribution in [3.05, 3.63) is 41.9 Å². The molecule has 0 unspecified atom stereocenters. The van der Waals surface area contributed by atoms with Crippen LogP contribution < -0.4 is 16.0 Å². The average molecular weight is 374 g/mol. The number of aryl methyl sites for hydroxylation is 1. The quantitative estimate of drug-likeness (QED) is 0.730. The minimum absolute atomic E-state index is 0. The van der Waals surface area contributed by atoms with E-state index >= 15 is 0 Å². The summed E-state index contributed by atoms with van der Waals surface area (Å²) in [5, 5.41) is 3.34. The summed E-state index contributed by atoms with van der Waals surface area (Å²) < 4.78 is 5.83. The number of piperazine rings is 1. The Kier molecular flexibility index (Phi) is 5.11. The van der Waals surface area contributed by atoms with Gasteiger partial charge in [-0.2, -0.15) is 0 Å². The van der Waals surface area contributed by atoms with Crippen LogP contribution in [0.4, 0.5) is 5.69 Å². The van der Waals surface area contributed by atoms with Gasteiger partial charge in [0.05, 0.1) is 16.9 Å². The highest BCUT2D eigenvalue weighted by molar-refractivity contribution is 6.12. The summed E-state index contributed by atoms with van der Waals surface area (Å²) >= 11 is 0. The van der Waals surface area contributed by atoms with Crippen LogP contribution in [-0.2, 0) is 0 Å². The number of nitrogens with two attached hydrogens (primary N) is 1. The Morgan fingerprint density at radius 3 is 2.73 bits per heavy atom. The van der Waals surface area contributed by atoms with Crippen molar-refractivity contribution < 1.29 is 9.21 Å². The summed E-state index contributed by atoms with van der Waals surface area (Å²) in [5.41, 5.74) is 9.43. The van der Waals surface area contributed by atoms with Gasteiger partial charge in [-0.1, -0.05) is 6.07 Å². The third-order valence-electron chi connectivity index (χ3n) is 4.40. The van der Waals surface area contributed by atoms with Crippen molar-refractivity contribution in [1.82, 2.24) is 15.3 Å². The second-order valence-corrected chi connectivity index (χ2v) is 6.05. The molecule has 1 saturated heterocycles. The minimum Gasteiger partial charge on any atom is -0.439 e. The summed E-state index contributed by atoms with van der Waals surface area (Å²) in [6, 6.07) is 7.53. The Labute approximate surface area is 157 Å². The van der Waals surface area contributed by atoms with Crippen molar-refractivity contribution in [2.75, 3.05) is 31.1 Å². The van der Waals surface area contributed by atoms with Crippen molar-refractivity contribution in [3.8, 4) is 11.3 Å². The van der Waals surface area contributed by atoms with Crippen LogP contribution in [0.15, 0.2) is 34.9 Å². The van der Waals surface area contributed by atoms with Gasteiger partial charge in [-0.3, -0.25) is 9.78 Å². The van der Waals surface area contributed by atoms with E-state index in [1.165, 1.54) is 0 Å². The Balaban J connectivity index is 0.00000196. The fraction of sp³-hybridized carbons (Fsp3) is 0.278. The van der Waals surface area contributed by atoms with Gasteiger partial charge in [-0.05, 0) is 18.2 Å². The molecule has 1 fully saturated rings. The molecule has 1 aliphatic heterocycles. The van der Waals surface area contributed by atoms with E-state index in [1.807, 2.05) is 24.3 Å². The van der Waals surface area contributed by atoms with Gasteiger partial charge < -0.3 is 20.4 Å². The molecule has 0 saturated carbocycles. The molecule has 0 atom stereocenters. The number of anilines is 1. The number of aromatic nitrogens is 2. The van der Waals surface area contributed by atoms with Gasteiger partial charge in [0, 0.05) is 44.9 Å². The van der Waals surface area contributed by atoms with Gasteiger partial charge >= 0.3 is 0 Å². The van der Waals surface area contributed by atoms with Crippen LogP contribution in [-0.4, -0.2) is 42.1 Å². The fourth-order valence-electron chi connectivity index (χ4n) is 3.29. The standard InChI is InChI=1S/C18H19N5O2.ClH/c1-11-22-16-15(18(19)24)12(13-4-2-3-5-21-13)10-14(17(16)25-11)23-8-6-20-7-9-23;/h2-5,10,20H,6-9H2,1H3,(H2,19,24);1H. The summed E-state index contributed by atoms with van der Waals surface area (Å²) in [6.45, 7) is 5.27. The number of carbonyl (C=O) groups excluding carboxylic acids is 1. The summed E-state index contributed by atoms with van der Waals surface area (Å²) in [7, 11) is 0. The summed E-state index contributed by atoms with van der Waals surface area (Å²) in [4.78, 5) is 23.3. The number of halogens is 1. The van der Waals surface area contributed by atoms with E-state index in [-0.39, 0.29) is 12.4 Å². The van der Waals surface area contributed by atoms with Crippen molar-refractivity contribution in [2.45, 2.75) is 6.92 Å². The first-order valence-electron chi connectivity index (χ1n) is 8.26. The van der Waals surface area contributed by atoms with Crippen molar-refractivity contribution in [1.29, 1.82) is 0 Å². The van der Waals surface area contributed by atoms with Crippen LogP contribution in [0, 0.1) is 6.92 Å². The molecular formula is C18H20ClN5O2.